The van der Waals surface area contributed by atoms with E-state index in [2.05, 4.69) is 89.8 Å². The largest absolute Gasteiger partial charge is 0.311 e. The van der Waals surface area contributed by atoms with Crippen molar-refractivity contribution >= 4 is 33.1 Å². The molecule has 2 aromatic heterocycles. The molecule has 0 saturated carbocycles. The maximum atomic E-state index is 4.38. The average Bonchev–Trinajstić information content (AvgIpc) is 3.06. The van der Waals surface area contributed by atoms with Crippen LogP contribution in [0.1, 0.15) is 18.9 Å². The molecule has 0 amide bonds. The van der Waals surface area contributed by atoms with Crippen LogP contribution in [0.2, 0.25) is 0 Å². The van der Waals surface area contributed by atoms with Crippen LogP contribution in [0.25, 0.3) is 33.1 Å². The lowest BCUT2D eigenvalue weighted by Crippen LogP contribution is -1.99. The maximum Gasteiger partial charge on any atom is 0.0721 e. The number of benzene rings is 2. The second kappa shape index (κ2) is 7.46. The van der Waals surface area contributed by atoms with E-state index in [-0.39, 0.29) is 0 Å². The van der Waals surface area contributed by atoms with Crippen molar-refractivity contribution in [2.45, 2.75) is 13.3 Å². The molecule has 0 N–H and O–H groups in total. The van der Waals surface area contributed by atoms with Crippen molar-refractivity contribution in [2.24, 2.45) is 0 Å². The van der Waals surface area contributed by atoms with Crippen LogP contribution in [-0.2, 0) is 0 Å². The van der Waals surface area contributed by atoms with Gasteiger partial charge in [0.25, 0.3) is 0 Å². The fraction of sp³-hybridized carbons (Fsp3) is 0.0800. The van der Waals surface area contributed by atoms with E-state index in [4.69, 9.17) is 0 Å². The van der Waals surface area contributed by atoms with Gasteiger partial charge in [0.05, 0.1) is 17.2 Å². The lowest BCUT2D eigenvalue weighted by atomic mass is 10.00. The van der Waals surface area contributed by atoms with E-state index >= 15 is 0 Å². The first-order chi connectivity index (χ1) is 13.3. The Morgan fingerprint density at radius 1 is 0.963 bits per heavy atom. The highest BCUT2D eigenvalue weighted by atomic mass is 15.0. The summed E-state index contributed by atoms with van der Waals surface area (Å²) in [6.07, 6.45) is 10.8. The zero-order chi connectivity index (χ0) is 18.6. The minimum absolute atomic E-state index is 0.815. The molecule has 0 aliphatic carbocycles. The third-order valence-corrected chi connectivity index (χ3v) is 4.93. The zero-order valence-electron chi connectivity index (χ0n) is 15.5. The molecule has 0 radical (unpaired) electrons. The van der Waals surface area contributed by atoms with Gasteiger partial charge in [0.1, 0.15) is 0 Å². The molecule has 0 saturated heterocycles. The highest BCUT2D eigenvalue weighted by Gasteiger charge is 2.14. The van der Waals surface area contributed by atoms with Crippen molar-refractivity contribution < 1.29 is 0 Å². The fourth-order valence-corrected chi connectivity index (χ4v) is 3.68. The number of para-hydroxylation sites is 1. The topological polar surface area (TPSA) is 17.8 Å². The van der Waals surface area contributed by atoms with Gasteiger partial charge in [0.2, 0.25) is 0 Å². The number of fused-ring (bicyclic) bond motifs is 3. The number of hydrogen-bond donors (Lipinski definition) is 0. The Bertz CT molecular complexity index is 1110. The Kier molecular flexibility index (Phi) is 4.71. The van der Waals surface area contributed by atoms with Crippen LogP contribution in [0.15, 0.2) is 97.9 Å². The first-order valence-electron chi connectivity index (χ1n) is 9.19. The van der Waals surface area contributed by atoms with Gasteiger partial charge in [0, 0.05) is 29.1 Å². The maximum absolute atomic E-state index is 4.38. The first kappa shape index (κ1) is 17.0. The summed E-state index contributed by atoms with van der Waals surface area (Å²) < 4.78 is 2.33. The van der Waals surface area contributed by atoms with Gasteiger partial charge in [0.15, 0.2) is 0 Å². The van der Waals surface area contributed by atoms with E-state index in [1.54, 1.807) is 0 Å². The van der Waals surface area contributed by atoms with Gasteiger partial charge in [-0.25, -0.2) is 0 Å². The van der Waals surface area contributed by atoms with Gasteiger partial charge in [-0.2, -0.15) is 0 Å². The van der Waals surface area contributed by atoms with Crippen LogP contribution in [0.5, 0.6) is 0 Å². The minimum atomic E-state index is 0.815. The van der Waals surface area contributed by atoms with Crippen molar-refractivity contribution in [3.63, 3.8) is 0 Å². The summed E-state index contributed by atoms with van der Waals surface area (Å²) in [7, 11) is 0. The number of allylic oxidation sites excluding steroid dienone is 5. The van der Waals surface area contributed by atoms with Gasteiger partial charge in [-0.1, -0.05) is 73.3 Å². The van der Waals surface area contributed by atoms with Gasteiger partial charge in [-0.05, 0) is 30.2 Å². The van der Waals surface area contributed by atoms with Gasteiger partial charge in [-0.15, -0.1) is 0 Å². The van der Waals surface area contributed by atoms with Crippen LogP contribution >= 0.6 is 0 Å². The molecule has 0 bridgehead atoms. The molecule has 0 aliphatic rings. The Labute approximate surface area is 159 Å². The van der Waals surface area contributed by atoms with Crippen molar-refractivity contribution in [2.75, 3.05) is 0 Å². The summed E-state index contributed by atoms with van der Waals surface area (Å²) in [4.78, 5) is 4.38. The zero-order valence-corrected chi connectivity index (χ0v) is 15.5. The number of hydrogen-bond acceptors (Lipinski definition) is 1. The molecule has 132 valence electrons. The Balaban J connectivity index is 1.88. The van der Waals surface area contributed by atoms with Gasteiger partial charge < -0.3 is 4.57 Å². The summed E-state index contributed by atoms with van der Waals surface area (Å²) in [6, 6.07) is 21.1. The standard InChI is InChI=1S/C25H22N2/c1-3-10-20(19-11-6-5-7-12-19)17-21(4-2)27-24-14-9-8-13-22(24)23-15-16-26-18-25(23)27/h3-16,18H,1,17H2,2H3/b20-10+,21-4+. The SMILES string of the molecule is C=C/C=C(\C/C(=C\C)n1c2ccccc2c2ccncc21)c1ccccc1. The molecule has 2 aromatic carbocycles. The first-order valence-corrected chi connectivity index (χ1v) is 9.19. The number of nitrogens with zero attached hydrogens (tertiary/aromatic N) is 2. The van der Waals surface area contributed by atoms with E-state index in [0.29, 0.717) is 0 Å². The Hall–Kier alpha value is -3.39. The van der Waals surface area contributed by atoms with Crippen molar-refractivity contribution in [1.82, 2.24) is 9.55 Å². The summed E-state index contributed by atoms with van der Waals surface area (Å²) >= 11 is 0. The normalized spacial score (nSPS) is 12.6. The molecule has 4 aromatic rings. The fourth-order valence-electron chi connectivity index (χ4n) is 3.68. The molecule has 0 aliphatic heterocycles. The summed E-state index contributed by atoms with van der Waals surface area (Å²) in [5, 5.41) is 2.48. The number of aromatic nitrogens is 2. The van der Waals surface area contributed by atoms with E-state index in [1.165, 1.54) is 33.1 Å². The molecule has 0 atom stereocenters. The minimum Gasteiger partial charge on any atom is -0.311 e. The lowest BCUT2D eigenvalue weighted by Gasteiger charge is -2.15. The summed E-state index contributed by atoms with van der Waals surface area (Å²) in [6.45, 7) is 6.01. The van der Waals surface area contributed by atoms with E-state index in [0.717, 1.165) is 11.9 Å². The van der Waals surface area contributed by atoms with E-state index in [9.17, 15) is 0 Å². The molecule has 2 heterocycles. The quantitative estimate of drug-likeness (QED) is 0.366. The monoisotopic (exact) mass is 350 g/mol. The lowest BCUT2D eigenvalue weighted by molar-refractivity contribution is 1.13. The van der Waals surface area contributed by atoms with Crippen LogP contribution in [0, 0.1) is 0 Å². The molecule has 0 unspecified atom stereocenters. The average molecular weight is 350 g/mol. The van der Waals surface area contributed by atoms with Crippen LogP contribution in [0.4, 0.5) is 0 Å². The molecular weight excluding hydrogens is 328 g/mol. The number of rotatable bonds is 5. The predicted molar refractivity (Wildman–Crippen MR) is 116 cm³/mol. The third kappa shape index (κ3) is 3.11. The van der Waals surface area contributed by atoms with Gasteiger partial charge in [-0.3, -0.25) is 4.98 Å². The molecule has 27 heavy (non-hydrogen) atoms. The van der Waals surface area contributed by atoms with Crippen molar-refractivity contribution in [3.05, 3.63) is 103 Å². The van der Waals surface area contributed by atoms with Gasteiger partial charge >= 0.3 is 0 Å². The third-order valence-electron chi connectivity index (χ3n) is 4.93. The van der Waals surface area contributed by atoms with E-state index in [1.807, 2.05) is 24.5 Å². The molecule has 0 fully saturated rings. The molecule has 2 heteroatoms. The molecule has 0 spiro atoms. The molecular formula is C25H22N2. The van der Waals surface area contributed by atoms with Crippen molar-refractivity contribution in [1.29, 1.82) is 0 Å². The summed E-state index contributed by atoms with van der Waals surface area (Å²) in [5.74, 6) is 0. The van der Waals surface area contributed by atoms with Crippen LogP contribution < -0.4 is 0 Å². The second-order valence-electron chi connectivity index (χ2n) is 6.50. The highest BCUT2D eigenvalue weighted by Crippen LogP contribution is 2.34. The predicted octanol–water partition coefficient (Wildman–Crippen LogP) is 6.71. The van der Waals surface area contributed by atoms with E-state index < -0.39 is 0 Å². The van der Waals surface area contributed by atoms with Crippen molar-refractivity contribution in [3.8, 4) is 0 Å². The smallest absolute Gasteiger partial charge is 0.0721 e. The highest BCUT2D eigenvalue weighted by molar-refractivity contribution is 6.09. The van der Waals surface area contributed by atoms with Crippen LogP contribution in [-0.4, -0.2) is 9.55 Å². The van der Waals surface area contributed by atoms with Crippen LogP contribution in [0.3, 0.4) is 0 Å². The molecule has 2 nitrogen and oxygen atoms in total. The number of pyridine rings is 1. The summed E-state index contributed by atoms with van der Waals surface area (Å²) in [5.41, 5.74) is 6.03. The second-order valence-corrected chi connectivity index (χ2v) is 6.50. The Morgan fingerprint density at radius 2 is 1.70 bits per heavy atom. The Morgan fingerprint density at radius 3 is 2.48 bits per heavy atom. The molecule has 4 rings (SSSR count).